The van der Waals surface area contributed by atoms with E-state index in [1.165, 1.54) is 6.26 Å². The molecular formula is C12H17NO3S. The van der Waals surface area contributed by atoms with Crippen molar-refractivity contribution >= 4 is 9.84 Å². The highest BCUT2D eigenvalue weighted by atomic mass is 32.2. The third kappa shape index (κ3) is 3.44. The lowest BCUT2D eigenvalue weighted by Gasteiger charge is -2.14. The van der Waals surface area contributed by atoms with Gasteiger partial charge in [0.25, 0.3) is 0 Å². The van der Waals surface area contributed by atoms with Crippen LogP contribution >= 0.6 is 0 Å². The van der Waals surface area contributed by atoms with Crippen LogP contribution in [0.1, 0.15) is 12.8 Å². The lowest BCUT2D eigenvalue weighted by Crippen LogP contribution is -2.37. The summed E-state index contributed by atoms with van der Waals surface area (Å²) in [5.74, 6) is 0.817. The minimum atomic E-state index is -2.99. The molecule has 94 valence electrons. The molecule has 1 aliphatic heterocycles. The summed E-state index contributed by atoms with van der Waals surface area (Å²) >= 11 is 0. The molecule has 0 saturated carbocycles. The molecule has 1 N–H and O–H groups in total. The third-order valence-corrected chi connectivity index (χ3v) is 4.32. The second-order valence-electron chi connectivity index (χ2n) is 4.38. The molecule has 0 spiro atoms. The van der Waals surface area contributed by atoms with Crippen LogP contribution in [0.3, 0.4) is 0 Å². The Hall–Kier alpha value is -1.07. The van der Waals surface area contributed by atoms with Crippen molar-refractivity contribution in [2.75, 3.05) is 12.9 Å². The van der Waals surface area contributed by atoms with Crippen molar-refractivity contribution in [3.05, 3.63) is 30.3 Å². The summed E-state index contributed by atoms with van der Waals surface area (Å²) in [5.41, 5.74) is 0. The first-order valence-electron chi connectivity index (χ1n) is 5.68. The molecule has 0 aromatic heterocycles. The van der Waals surface area contributed by atoms with Crippen LogP contribution in [0.25, 0.3) is 0 Å². The van der Waals surface area contributed by atoms with Crippen LogP contribution in [0.2, 0.25) is 0 Å². The minimum Gasteiger partial charge on any atom is -0.492 e. The van der Waals surface area contributed by atoms with E-state index in [-0.39, 0.29) is 6.04 Å². The standard InChI is InChI=1S/C12H17NO3S/c1-17(14,15)12-8-7-10(13-12)9-16-11-5-3-2-4-6-11/h2-6,10,12-13H,7-9H2,1H3. The van der Waals surface area contributed by atoms with E-state index in [1.807, 2.05) is 30.3 Å². The summed E-state index contributed by atoms with van der Waals surface area (Å²) in [5, 5.41) is 2.68. The van der Waals surface area contributed by atoms with Gasteiger partial charge in [-0.1, -0.05) is 18.2 Å². The number of ether oxygens (including phenoxy) is 1. The van der Waals surface area contributed by atoms with Crippen LogP contribution in [0.5, 0.6) is 5.75 Å². The average molecular weight is 255 g/mol. The van der Waals surface area contributed by atoms with Gasteiger partial charge in [-0.25, -0.2) is 8.42 Å². The first-order valence-corrected chi connectivity index (χ1v) is 7.64. The number of hydrogen-bond donors (Lipinski definition) is 1. The van der Waals surface area contributed by atoms with E-state index >= 15 is 0 Å². The van der Waals surface area contributed by atoms with Gasteiger partial charge in [-0.3, -0.25) is 5.32 Å². The minimum absolute atomic E-state index is 0.120. The lowest BCUT2D eigenvalue weighted by atomic mass is 10.2. The first-order chi connectivity index (χ1) is 8.05. The summed E-state index contributed by atoms with van der Waals surface area (Å²) in [6, 6.07) is 9.66. The van der Waals surface area contributed by atoms with Crippen molar-refractivity contribution in [2.45, 2.75) is 24.3 Å². The molecule has 1 fully saturated rings. The zero-order valence-electron chi connectivity index (χ0n) is 9.80. The average Bonchev–Trinajstić information content (AvgIpc) is 2.76. The van der Waals surface area contributed by atoms with Crippen LogP contribution in [0, 0.1) is 0 Å². The maximum absolute atomic E-state index is 11.4. The topological polar surface area (TPSA) is 55.4 Å². The lowest BCUT2D eigenvalue weighted by molar-refractivity contribution is 0.276. The summed E-state index contributed by atoms with van der Waals surface area (Å²) < 4.78 is 28.3. The SMILES string of the molecule is CS(=O)(=O)C1CCC(COc2ccccc2)N1. The Bertz CT molecular complexity index is 458. The highest BCUT2D eigenvalue weighted by molar-refractivity contribution is 7.91. The second-order valence-corrected chi connectivity index (χ2v) is 6.61. The molecule has 2 rings (SSSR count). The molecule has 5 heteroatoms. The predicted octanol–water partition coefficient (Wildman–Crippen LogP) is 1.19. The smallest absolute Gasteiger partial charge is 0.163 e. The molecule has 1 heterocycles. The summed E-state index contributed by atoms with van der Waals surface area (Å²) in [6.07, 6.45) is 2.78. The van der Waals surface area contributed by atoms with E-state index in [0.29, 0.717) is 13.0 Å². The van der Waals surface area contributed by atoms with Crippen molar-refractivity contribution in [3.8, 4) is 5.75 Å². The number of para-hydroxylation sites is 1. The van der Waals surface area contributed by atoms with Crippen LogP contribution < -0.4 is 10.1 Å². The van der Waals surface area contributed by atoms with Crippen molar-refractivity contribution in [3.63, 3.8) is 0 Å². The Balaban J connectivity index is 1.83. The van der Waals surface area contributed by atoms with Gasteiger partial charge in [0.15, 0.2) is 9.84 Å². The number of hydrogen-bond acceptors (Lipinski definition) is 4. The number of benzene rings is 1. The molecular weight excluding hydrogens is 238 g/mol. The van der Waals surface area contributed by atoms with Gasteiger partial charge in [0.2, 0.25) is 0 Å². The Labute approximate surface area is 102 Å². The van der Waals surface area contributed by atoms with Gasteiger partial charge < -0.3 is 4.74 Å². The van der Waals surface area contributed by atoms with Gasteiger partial charge in [0.1, 0.15) is 17.7 Å². The number of rotatable bonds is 4. The number of nitrogens with one attached hydrogen (secondary N) is 1. The molecule has 1 aromatic rings. The van der Waals surface area contributed by atoms with E-state index in [2.05, 4.69) is 5.32 Å². The van der Waals surface area contributed by atoms with Gasteiger partial charge in [0, 0.05) is 12.3 Å². The normalized spacial score (nSPS) is 24.8. The van der Waals surface area contributed by atoms with Gasteiger partial charge in [-0.2, -0.15) is 0 Å². The van der Waals surface area contributed by atoms with Gasteiger partial charge in [0.05, 0.1) is 0 Å². The first kappa shape index (κ1) is 12.4. The zero-order chi connectivity index (χ0) is 12.3. The monoisotopic (exact) mass is 255 g/mol. The van der Waals surface area contributed by atoms with Crippen molar-refractivity contribution < 1.29 is 13.2 Å². The van der Waals surface area contributed by atoms with E-state index < -0.39 is 15.2 Å². The maximum Gasteiger partial charge on any atom is 0.163 e. The summed E-state index contributed by atoms with van der Waals surface area (Å²) in [7, 11) is -2.99. The Kier molecular flexibility index (Phi) is 3.69. The Morgan fingerprint density at radius 2 is 2.00 bits per heavy atom. The fourth-order valence-electron chi connectivity index (χ4n) is 1.96. The summed E-state index contributed by atoms with van der Waals surface area (Å²) in [4.78, 5) is 0. The van der Waals surface area contributed by atoms with E-state index in [9.17, 15) is 8.42 Å². The maximum atomic E-state index is 11.4. The number of sulfone groups is 1. The fraction of sp³-hybridized carbons (Fsp3) is 0.500. The quantitative estimate of drug-likeness (QED) is 0.878. The Morgan fingerprint density at radius 1 is 1.29 bits per heavy atom. The fourth-order valence-corrected chi connectivity index (χ4v) is 2.97. The predicted molar refractivity (Wildman–Crippen MR) is 66.7 cm³/mol. The summed E-state index contributed by atoms with van der Waals surface area (Å²) in [6.45, 7) is 0.510. The van der Waals surface area contributed by atoms with Gasteiger partial charge in [-0.15, -0.1) is 0 Å². The van der Waals surface area contributed by atoms with Gasteiger partial charge in [-0.05, 0) is 25.0 Å². The van der Waals surface area contributed by atoms with Crippen molar-refractivity contribution in [1.29, 1.82) is 0 Å². The van der Waals surface area contributed by atoms with Gasteiger partial charge >= 0.3 is 0 Å². The molecule has 2 unspecified atom stereocenters. The third-order valence-electron chi connectivity index (χ3n) is 2.91. The van der Waals surface area contributed by atoms with E-state index in [0.717, 1.165) is 12.2 Å². The molecule has 0 amide bonds. The zero-order valence-corrected chi connectivity index (χ0v) is 10.6. The van der Waals surface area contributed by atoms with Crippen molar-refractivity contribution in [2.24, 2.45) is 0 Å². The highest BCUT2D eigenvalue weighted by Crippen LogP contribution is 2.17. The molecule has 1 saturated heterocycles. The molecule has 0 bridgehead atoms. The molecule has 1 aromatic carbocycles. The van der Waals surface area contributed by atoms with Crippen LogP contribution in [0.15, 0.2) is 30.3 Å². The highest BCUT2D eigenvalue weighted by Gasteiger charge is 2.30. The second kappa shape index (κ2) is 5.06. The molecule has 0 aliphatic carbocycles. The molecule has 17 heavy (non-hydrogen) atoms. The largest absolute Gasteiger partial charge is 0.492 e. The Morgan fingerprint density at radius 3 is 2.59 bits per heavy atom. The van der Waals surface area contributed by atoms with Crippen LogP contribution in [-0.4, -0.2) is 32.7 Å². The van der Waals surface area contributed by atoms with Crippen LogP contribution in [0.4, 0.5) is 0 Å². The molecule has 2 atom stereocenters. The van der Waals surface area contributed by atoms with Crippen molar-refractivity contribution in [1.82, 2.24) is 5.32 Å². The van der Waals surface area contributed by atoms with E-state index in [1.54, 1.807) is 0 Å². The van der Waals surface area contributed by atoms with E-state index in [4.69, 9.17) is 4.74 Å². The van der Waals surface area contributed by atoms with Crippen LogP contribution in [-0.2, 0) is 9.84 Å². The molecule has 1 aliphatic rings. The molecule has 0 radical (unpaired) electrons. The molecule has 4 nitrogen and oxygen atoms in total.